The number of carbonyl (C=O) groups excluding carboxylic acids is 1. The number of fused-ring (bicyclic) bond motifs is 1. The zero-order valence-corrected chi connectivity index (χ0v) is 14.1. The fourth-order valence-corrected chi connectivity index (χ4v) is 3.58. The van der Waals surface area contributed by atoms with E-state index in [9.17, 15) is 13.2 Å². The number of methoxy groups -OCH3 is 1. The lowest BCUT2D eigenvalue weighted by atomic mass is 10.3. The van der Waals surface area contributed by atoms with Crippen molar-refractivity contribution in [2.45, 2.75) is 35.7 Å². The first-order chi connectivity index (χ1) is 10.3. The molecule has 0 unspecified atom stereocenters. The lowest BCUT2D eigenvalue weighted by Crippen LogP contribution is -2.15. The van der Waals surface area contributed by atoms with E-state index in [1.165, 1.54) is 31.0 Å². The van der Waals surface area contributed by atoms with Crippen LogP contribution in [0.15, 0.2) is 28.3 Å². The second-order valence-electron chi connectivity index (χ2n) is 4.62. The zero-order valence-electron chi connectivity index (χ0n) is 12.4. The Morgan fingerprint density at radius 2 is 2.18 bits per heavy atom. The van der Waals surface area contributed by atoms with E-state index < -0.39 is 15.3 Å². The largest absolute Gasteiger partial charge is 0.468 e. The number of nitrogens with zero attached hydrogens (tertiary/aromatic N) is 2. The van der Waals surface area contributed by atoms with Crippen LogP contribution in [0.2, 0.25) is 0 Å². The van der Waals surface area contributed by atoms with Crippen molar-refractivity contribution >= 4 is 38.8 Å². The number of carbonyl (C=O) groups is 1. The smallest absolute Gasteiger partial charge is 0.318 e. The normalized spacial score (nSPS) is 13.3. The number of aryl methyl sites for hydroxylation is 1. The van der Waals surface area contributed by atoms with Gasteiger partial charge in [0.15, 0.2) is 5.16 Å². The highest BCUT2D eigenvalue weighted by Crippen LogP contribution is 2.28. The summed E-state index contributed by atoms with van der Waals surface area (Å²) >= 11 is 1.26. The molecule has 2 N–H and O–H groups in total. The predicted molar refractivity (Wildman–Crippen MR) is 84.1 cm³/mol. The number of rotatable bonds is 5. The standard InChI is InChI=1S/C13H17N3O4S2/c1-4-16-11-6-5-9(22(14,18)19)7-10(11)15-13(16)21-8(2)12(17)20-3/h5-8H,4H2,1-3H3,(H2,14,18,19)/t8-/m1/s1. The Bertz CT molecular complexity index is 814. The van der Waals surface area contributed by atoms with Gasteiger partial charge in [0.1, 0.15) is 5.25 Å². The predicted octanol–water partition coefficient (Wildman–Crippen LogP) is 1.36. The number of hydrogen-bond donors (Lipinski definition) is 1. The van der Waals surface area contributed by atoms with E-state index >= 15 is 0 Å². The van der Waals surface area contributed by atoms with Gasteiger partial charge in [-0.25, -0.2) is 18.5 Å². The summed E-state index contributed by atoms with van der Waals surface area (Å²) in [5.74, 6) is -0.343. The van der Waals surface area contributed by atoms with Gasteiger partial charge in [-0.15, -0.1) is 0 Å². The summed E-state index contributed by atoms with van der Waals surface area (Å²) in [5.41, 5.74) is 1.31. The maximum Gasteiger partial charge on any atom is 0.318 e. The van der Waals surface area contributed by atoms with Crippen LogP contribution in [0.5, 0.6) is 0 Å². The van der Waals surface area contributed by atoms with Crippen molar-refractivity contribution in [3.63, 3.8) is 0 Å². The summed E-state index contributed by atoms with van der Waals surface area (Å²) in [6.07, 6.45) is 0. The van der Waals surface area contributed by atoms with Gasteiger partial charge in [0.25, 0.3) is 0 Å². The quantitative estimate of drug-likeness (QED) is 0.649. The van der Waals surface area contributed by atoms with Crippen molar-refractivity contribution in [1.82, 2.24) is 9.55 Å². The second-order valence-corrected chi connectivity index (χ2v) is 7.49. The minimum Gasteiger partial charge on any atom is -0.468 e. The van der Waals surface area contributed by atoms with Crippen molar-refractivity contribution in [2.75, 3.05) is 7.11 Å². The van der Waals surface area contributed by atoms with Gasteiger partial charge in [-0.2, -0.15) is 0 Å². The third-order valence-electron chi connectivity index (χ3n) is 3.14. The first kappa shape index (κ1) is 16.8. The van der Waals surface area contributed by atoms with Gasteiger partial charge in [-0.05, 0) is 32.0 Å². The fraction of sp³-hybridized carbons (Fsp3) is 0.385. The number of hydrogen-bond acceptors (Lipinski definition) is 6. The molecule has 0 aliphatic rings. The number of benzene rings is 1. The number of nitrogens with two attached hydrogens (primary N) is 1. The van der Waals surface area contributed by atoms with E-state index in [0.717, 1.165) is 5.52 Å². The van der Waals surface area contributed by atoms with Gasteiger partial charge in [-0.3, -0.25) is 4.79 Å². The first-order valence-corrected chi connectivity index (χ1v) is 8.98. The average molecular weight is 343 g/mol. The highest BCUT2D eigenvalue weighted by molar-refractivity contribution is 8.00. The molecular weight excluding hydrogens is 326 g/mol. The Labute approximate surface area is 132 Å². The minimum absolute atomic E-state index is 0.0123. The molecule has 0 fully saturated rings. The van der Waals surface area contributed by atoms with Crippen LogP contribution < -0.4 is 5.14 Å². The number of ether oxygens (including phenoxy) is 1. The number of primary sulfonamides is 1. The molecule has 1 aromatic carbocycles. The molecule has 0 radical (unpaired) electrons. The van der Waals surface area contributed by atoms with Gasteiger partial charge in [0, 0.05) is 6.54 Å². The first-order valence-electron chi connectivity index (χ1n) is 6.55. The third-order valence-corrected chi connectivity index (χ3v) is 5.12. The lowest BCUT2D eigenvalue weighted by molar-refractivity contribution is -0.139. The Morgan fingerprint density at radius 3 is 2.73 bits per heavy atom. The molecular formula is C13H17N3O4S2. The Kier molecular flexibility index (Phi) is 4.78. The van der Waals surface area contributed by atoms with E-state index in [1.54, 1.807) is 13.0 Å². The van der Waals surface area contributed by atoms with Gasteiger partial charge in [-0.1, -0.05) is 11.8 Å². The van der Waals surface area contributed by atoms with Crippen LogP contribution in [0, 0.1) is 0 Å². The fourth-order valence-electron chi connectivity index (χ4n) is 2.03. The van der Waals surface area contributed by atoms with E-state index in [-0.39, 0.29) is 10.9 Å². The molecule has 1 atom stereocenters. The summed E-state index contributed by atoms with van der Waals surface area (Å²) in [6, 6.07) is 4.55. The molecule has 0 bridgehead atoms. The molecule has 1 heterocycles. The van der Waals surface area contributed by atoms with Crippen molar-refractivity contribution in [3.8, 4) is 0 Å². The van der Waals surface area contributed by atoms with Gasteiger partial charge in [0.05, 0.1) is 23.0 Å². The molecule has 0 saturated carbocycles. The van der Waals surface area contributed by atoms with Crippen molar-refractivity contribution in [2.24, 2.45) is 5.14 Å². The van der Waals surface area contributed by atoms with E-state index in [2.05, 4.69) is 4.98 Å². The number of thioether (sulfide) groups is 1. The third kappa shape index (κ3) is 3.26. The summed E-state index contributed by atoms with van der Waals surface area (Å²) in [6.45, 7) is 4.31. The second kappa shape index (κ2) is 6.27. The van der Waals surface area contributed by atoms with Gasteiger partial charge in [0.2, 0.25) is 10.0 Å². The Morgan fingerprint density at radius 1 is 1.50 bits per heavy atom. The highest BCUT2D eigenvalue weighted by Gasteiger charge is 2.20. The summed E-state index contributed by atoms with van der Waals surface area (Å²) in [5, 5.41) is 5.35. The average Bonchev–Trinajstić information content (AvgIpc) is 2.81. The van der Waals surface area contributed by atoms with E-state index in [4.69, 9.17) is 9.88 Å². The van der Waals surface area contributed by atoms with Crippen LogP contribution in [0.25, 0.3) is 11.0 Å². The summed E-state index contributed by atoms with van der Waals surface area (Å²) < 4.78 is 29.5. The molecule has 9 heteroatoms. The molecule has 0 saturated heterocycles. The Hall–Kier alpha value is -1.58. The molecule has 0 aliphatic carbocycles. The van der Waals surface area contributed by atoms with E-state index in [0.29, 0.717) is 17.2 Å². The minimum atomic E-state index is -3.78. The molecule has 0 spiro atoms. The Balaban J connectivity index is 2.49. The zero-order chi connectivity index (χ0) is 16.5. The molecule has 1 aromatic heterocycles. The lowest BCUT2D eigenvalue weighted by Gasteiger charge is -2.09. The highest BCUT2D eigenvalue weighted by atomic mass is 32.2. The summed E-state index contributed by atoms with van der Waals surface area (Å²) in [7, 11) is -2.44. The molecule has 0 aliphatic heterocycles. The maximum absolute atomic E-state index is 11.5. The number of aromatic nitrogens is 2. The van der Waals surface area contributed by atoms with Crippen molar-refractivity contribution < 1.29 is 17.9 Å². The van der Waals surface area contributed by atoms with Crippen molar-refractivity contribution in [3.05, 3.63) is 18.2 Å². The van der Waals surface area contributed by atoms with Crippen LogP contribution in [-0.4, -0.2) is 36.3 Å². The molecule has 120 valence electrons. The molecule has 22 heavy (non-hydrogen) atoms. The summed E-state index contributed by atoms with van der Waals surface area (Å²) in [4.78, 5) is 16.0. The van der Waals surface area contributed by atoms with Crippen LogP contribution in [-0.2, 0) is 26.1 Å². The van der Waals surface area contributed by atoms with Gasteiger partial charge >= 0.3 is 5.97 Å². The van der Waals surface area contributed by atoms with Crippen LogP contribution in [0.1, 0.15) is 13.8 Å². The van der Waals surface area contributed by atoms with Crippen molar-refractivity contribution in [1.29, 1.82) is 0 Å². The number of sulfonamides is 1. The monoisotopic (exact) mass is 343 g/mol. The molecule has 2 rings (SSSR count). The van der Waals surface area contributed by atoms with Crippen LogP contribution in [0.4, 0.5) is 0 Å². The number of imidazole rings is 1. The van der Waals surface area contributed by atoms with Crippen LogP contribution in [0.3, 0.4) is 0 Å². The SMILES string of the molecule is CCn1c(S[C@H](C)C(=O)OC)nc2cc(S(N)(=O)=O)ccc21. The molecule has 0 amide bonds. The maximum atomic E-state index is 11.5. The van der Waals surface area contributed by atoms with Gasteiger partial charge < -0.3 is 9.30 Å². The molecule has 2 aromatic rings. The van der Waals surface area contributed by atoms with Crippen LogP contribution >= 0.6 is 11.8 Å². The topological polar surface area (TPSA) is 104 Å². The molecule has 7 nitrogen and oxygen atoms in total. The van der Waals surface area contributed by atoms with E-state index in [1.807, 2.05) is 11.5 Å². The number of esters is 1.